The summed E-state index contributed by atoms with van der Waals surface area (Å²) in [7, 11) is 0. The van der Waals surface area contributed by atoms with Crippen LogP contribution in [0.4, 0.5) is 11.8 Å². The number of piperidine rings is 1. The summed E-state index contributed by atoms with van der Waals surface area (Å²) >= 11 is 5.71. The molecule has 2 aliphatic heterocycles. The van der Waals surface area contributed by atoms with E-state index in [-0.39, 0.29) is 5.41 Å². The topological polar surface area (TPSA) is 71.5 Å². The minimum absolute atomic E-state index is 0.0290. The van der Waals surface area contributed by atoms with Crippen molar-refractivity contribution in [2.24, 2.45) is 0 Å². The molecule has 2 N–H and O–H groups in total. The number of nitrogens with zero attached hydrogens (tertiary/aromatic N) is 3. The summed E-state index contributed by atoms with van der Waals surface area (Å²) in [6.45, 7) is 5.41. The fourth-order valence-corrected chi connectivity index (χ4v) is 5.40. The van der Waals surface area contributed by atoms with E-state index < -0.39 is 0 Å². The second kappa shape index (κ2) is 11.9. The van der Waals surface area contributed by atoms with Gasteiger partial charge in [0, 0.05) is 43.8 Å². The van der Waals surface area contributed by atoms with Crippen LogP contribution in [0.15, 0.2) is 66.7 Å². The molecule has 2 saturated heterocycles. The van der Waals surface area contributed by atoms with Gasteiger partial charge in [0.2, 0.25) is 11.8 Å². The van der Waals surface area contributed by atoms with E-state index in [1.54, 1.807) is 0 Å². The summed E-state index contributed by atoms with van der Waals surface area (Å²) in [5.74, 6) is 2.50. The quantitative estimate of drug-likeness (QED) is 0.388. The maximum atomic E-state index is 6.10. The van der Waals surface area contributed by atoms with E-state index in [2.05, 4.69) is 57.8 Å². The minimum Gasteiger partial charge on any atom is -0.439 e. The van der Waals surface area contributed by atoms with Crippen LogP contribution in [0.3, 0.4) is 0 Å². The number of thiocarbonyl (C=S) groups is 1. The van der Waals surface area contributed by atoms with Crippen molar-refractivity contribution in [3.8, 4) is 11.6 Å². The summed E-state index contributed by atoms with van der Waals surface area (Å²) < 4.78 is 11.8. The van der Waals surface area contributed by atoms with Crippen molar-refractivity contribution in [1.29, 1.82) is 0 Å². The number of hydrogen-bond acceptors (Lipinski definition) is 6. The molecule has 0 saturated carbocycles. The maximum absolute atomic E-state index is 6.10. The average Bonchev–Trinajstić information content (AvgIpc) is 2.94. The molecule has 2 aliphatic rings. The molecule has 0 spiro atoms. The zero-order valence-corrected chi connectivity index (χ0v) is 22.2. The SMILES string of the molecule is CC1CCCCN1c1cc(Oc2ccccc2)nc(NC(=S)NCC2(c3ccccc3)CCOCC2)n1. The van der Waals surface area contributed by atoms with Crippen molar-refractivity contribution in [2.45, 2.75) is 50.5 Å². The lowest BCUT2D eigenvalue weighted by atomic mass is 9.74. The molecule has 194 valence electrons. The van der Waals surface area contributed by atoms with Gasteiger partial charge in [-0.15, -0.1) is 0 Å². The van der Waals surface area contributed by atoms with Gasteiger partial charge in [0.25, 0.3) is 0 Å². The Morgan fingerprint density at radius 3 is 2.51 bits per heavy atom. The van der Waals surface area contributed by atoms with Crippen molar-refractivity contribution in [3.63, 3.8) is 0 Å². The summed E-state index contributed by atoms with van der Waals surface area (Å²) in [6.07, 6.45) is 5.43. The van der Waals surface area contributed by atoms with Crippen molar-refractivity contribution in [1.82, 2.24) is 15.3 Å². The third kappa shape index (κ3) is 6.37. The maximum Gasteiger partial charge on any atom is 0.234 e. The molecule has 2 aromatic carbocycles. The molecule has 3 aromatic rings. The second-order valence-corrected chi connectivity index (χ2v) is 10.3. The van der Waals surface area contributed by atoms with Crippen LogP contribution in [0.2, 0.25) is 0 Å². The zero-order valence-electron chi connectivity index (χ0n) is 21.4. The summed E-state index contributed by atoms with van der Waals surface area (Å²) in [4.78, 5) is 11.8. The second-order valence-electron chi connectivity index (χ2n) is 9.91. The number of rotatable bonds is 7. The molecule has 37 heavy (non-hydrogen) atoms. The van der Waals surface area contributed by atoms with Crippen LogP contribution in [0.25, 0.3) is 0 Å². The van der Waals surface area contributed by atoms with Gasteiger partial charge in [-0.3, -0.25) is 0 Å². The van der Waals surface area contributed by atoms with Gasteiger partial charge < -0.3 is 25.0 Å². The summed E-state index contributed by atoms with van der Waals surface area (Å²) in [5.41, 5.74) is 1.28. The third-order valence-electron chi connectivity index (χ3n) is 7.40. The number of benzene rings is 2. The smallest absolute Gasteiger partial charge is 0.234 e. The van der Waals surface area contributed by atoms with Crippen molar-refractivity contribution in [2.75, 3.05) is 36.5 Å². The number of aromatic nitrogens is 2. The lowest BCUT2D eigenvalue weighted by Gasteiger charge is -2.38. The van der Waals surface area contributed by atoms with E-state index in [0.717, 1.165) is 57.0 Å². The van der Waals surface area contributed by atoms with Gasteiger partial charge >= 0.3 is 0 Å². The van der Waals surface area contributed by atoms with Crippen LogP contribution in [0.1, 0.15) is 44.6 Å². The molecule has 1 aromatic heterocycles. The summed E-state index contributed by atoms with van der Waals surface area (Å²) in [6, 6.07) is 22.7. The van der Waals surface area contributed by atoms with Crippen LogP contribution < -0.4 is 20.3 Å². The first kappa shape index (κ1) is 25.4. The fourth-order valence-electron chi connectivity index (χ4n) is 5.23. The van der Waals surface area contributed by atoms with Crippen LogP contribution >= 0.6 is 12.2 Å². The molecule has 5 rings (SSSR count). The van der Waals surface area contributed by atoms with Crippen LogP contribution in [0.5, 0.6) is 11.6 Å². The Morgan fingerprint density at radius 2 is 1.78 bits per heavy atom. The number of hydrogen-bond donors (Lipinski definition) is 2. The highest BCUT2D eigenvalue weighted by Crippen LogP contribution is 2.34. The van der Waals surface area contributed by atoms with Gasteiger partial charge in [-0.25, -0.2) is 0 Å². The van der Waals surface area contributed by atoms with E-state index >= 15 is 0 Å². The molecular formula is C29H35N5O2S. The molecular weight excluding hydrogens is 482 g/mol. The number of para-hydroxylation sites is 1. The standard InChI is InChI=1S/C29H35N5O2S/c1-22-10-8-9-17-34(22)25-20-26(36-24-13-6-3-7-14-24)32-27(31-25)33-28(37)30-21-29(15-18-35-19-16-29)23-11-4-2-5-12-23/h2-7,11-14,20,22H,8-10,15-19,21H2,1H3,(H2,30,31,32,33,37). The van der Waals surface area contributed by atoms with Crippen LogP contribution in [-0.2, 0) is 10.2 Å². The largest absolute Gasteiger partial charge is 0.439 e. The van der Waals surface area contributed by atoms with E-state index in [9.17, 15) is 0 Å². The molecule has 0 bridgehead atoms. The molecule has 0 aliphatic carbocycles. The Bertz CT molecular complexity index is 1170. The van der Waals surface area contributed by atoms with Gasteiger partial charge in [0.1, 0.15) is 11.6 Å². The van der Waals surface area contributed by atoms with E-state index in [4.69, 9.17) is 26.7 Å². The van der Waals surface area contributed by atoms with Crippen molar-refractivity contribution in [3.05, 3.63) is 72.3 Å². The molecule has 0 radical (unpaired) electrons. The predicted octanol–water partition coefficient (Wildman–Crippen LogP) is 5.68. The van der Waals surface area contributed by atoms with E-state index in [1.165, 1.54) is 12.0 Å². The van der Waals surface area contributed by atoms with Gasteiger partial charge in [-0.1, -0.05) is 48.5 Å². The minimum atomic E-state index is -0.0290. The normalized spacial score (nSPS) is 19.2. The number of nitrogens with one attached hydrogen (secondary N) is 2. The van der Waals surface area contributed by atoms with Gasteiger partial charge in [-0.2, -0.15) is 9.97 Å². The Labute approximate surface area is 224 Å². The van der Waals surface area contributed by atoms with Crippen LogP contribution in [-0.4, -0.2) is 47.4 Å². The van der Waals surface area contributed by atoms with Crippen molar-refractivity contribution >= 4 is 29.1 Å². The molecule has 3 heterocycles. The number of ether oxygens (including phenoxy) is 2. The highest BCUT2D eigenvalue weighted by atomic mass is 32.1. The molecule has 1 atom stereocenters. The lowest BCUT2D eigenvalue weighted by Crippen LogP contribution is -2.45. The lowest BCUT2D eigenvalue weighted by molar-refractivity contribution is 0.0515. The molecule has 7 nitrogen and oxygen atoms in total. The average molecular weight is 518 g/mol. The summed E-state index contributed by atoms with van der Waals surface area (Å²) in [5, 5.41) is 7.17. The van der Waals surface area contributed by atoms with Gasteiger partial charge in [-0.05, 0) is 68.9 Å². The Morgan fingerprint density at radius 1 is 1.05 bits per heavy atom. The molecule has 1 unspecified atom stereocenters. The first-order chi connectivity index (χ1) is 18.1. The first-order valence-electron chi connectivity index (χ1n) is 13.2. The van der Waals surface area contributed by atoms with Crippen LogP contribution in [0, 0.1) is 0 Å². The third-order valence-corrected chi connectivity index (χ3v) is 7.65. The van der Waals surface area contributed by atoms with Crippen molar-refractivity contribution < 1.29 is 9.47 Å². The Hall–Kier alpha value is -3.23. The predicted molar refractivity (Wildman–Crippen MR) is 152 cm³/mol. The van der Waals surface area contributed by atoms with Gasteiger partial charge in [0.15, 0.2) is 5.11 Å². The Balaban J connectivity index is 1.33. The molecule has 2 fully saturated rings. The highest BCUT2D eigenvalue weighted by molar-refractivity contribution is 7.80. The van der Waals surface area contributed by atoms with E-state index in [0.29, 0.717) is 29.5 Å². The Kier molecular flexibility index (Phi) is 8.16. The molecule has 0 amide bonds. The monoisotopic (exact) mass is 517 g/mol. The van der Waals surface area contributed by atoms with Gasteiger partial charge in [0.05, 0.1) is 0 Å². The fraction of sp³-hybridized carbons (Fsp3) is 0.414. The number of anilines is 2. The first-order valence-corrected chi connectivity index (χ1v) is 13.6. The molecule has 8 heteroatoms. The highest BCUT2D eigenvalue weighted by Gasteiger charge is 2.34. The van der Waals surface area contributed by atoms with E-state index in [1.807, 2.05) is 36.4 Å². The zero-order chi connectivity index (χ0) is 25.5.